The number of nitrogens with zero attached hydrogens (tertiary/aromatic N) is 2. The number of nitrogens with one attached hydrogen (secondary N) is 1. The number of aliphatic hydroxyl groups is 1. The van der Waals surface area contributed by atoms with Gasteiger partial charge in [-0.05, 0) is 37.5 Å². The molecule has 0 aliphatic heterocycles. The Morgan fingerprint density at radius 1 is 1.42 bits per heavy atom. The Kier molecular flexibility index (Phi) is 4.66. The zero-order valence-corrected chi connectivity index (χ0v) is 13.8. The number of carbonyl (C=O) groups excluding carboxylic acids is 1. The molecule has 1 aliphatic rings. The van der Waals surface area contributed by atoms with E-state index in [2.05, 4.69) is 10.3 Å². The molecule has 1 aliphatic carbocycles. The third-order valence-corrected chi connectivity index (χ3v) is 4.61. The predicted octanol–water partition coefficient (Wildman–Crippen LogP) is 2.63. The van der Waals surface area contributed by atoms with Crippen LogP contribution in [-0.4, -0.2) is 26.2 Å². The first kappa shape index (κ1) is 16.6. The number of aromatic nitrogens is 2. The SMILES string of the molecule is Cc1nccn1-c1ccc(CNC(=O)CC2(O)CCCC2)cc1F. The summed E-state index contributed by atoms with van der Waals surface area (Å²) in [5, 5.41) is 13.0. The number of halogens is 1. The quantitative estimate of drug-likeness (QED) is 0.885. The van der Waals surface area contributed by atoms with Gasteiger partial charge in [0, 0.05) is 18.9 Å². The van der Waals surface area contributed by atoms with E-state index < -0.39 is 5.60 Å². The molecule has 0 unspecified atom stereocenters. The van der Waals surface area contributed by atoms with Crippen molar-refractivity contribution in [1.29, 1.82) is 0 Å². The van der Waals surface area contributed by atoms with Gasteiger partial charge in [-0.1, -0.05) is 18.9 Å². The number of benzene rings is 1. The largest absolute Gasteiger partial charge is 0.389 e. The summed E-state index contributed by atoms with van der Waals surface area (Å²) in [6.45, 7) is 2.05. The molecular formula is C18H22FN3O2. The third-order valence-electron chi connectivity index (χ3n) is 4.61. The number of hydrogen-bond donors (Lipinski definition) is 2. The minimum Gasteiger partial charge on any atom is -0.389 e. The number of carbonyl (C=O) groups is 1. The van der Waals surface area contributed by atoms with Crippen LogP contribution in [0.3, 0.4) is 0 Å². The molecule has 1 heterocycles. The number of amides is 1. The van der Waals surface area contributed by atoms with E-state index in [1.54, 1.807) is 36.0 Å². The summed E-state index contributed by atoms with van der Waals surface area (Å²) in [5.74, 6) is 0.145. The van der Waals surface area contributed by atoms with Gasteiger partial charge in [0.15, 0.2) is 0 Å². The lowest BCUT2D eigenvalue weighted by Gasteiger charge is -2.21. The standard InChI is InChI=1S/C18H22FN3O2/c1-13-20-8-9-22(13)16-5-4-14(10-15(16)19)12-21-17(23)11-18(24)6-2-3-7-18/h4-5,8-10,24H,2-3,6-7,11-12H2,1H3,(H,21,23). The highest BCUT2D eigenvalue weighted by molar-refractivity contribution is 5.77. The fourth-order valence-corrected chi connectivity index (χ4v) is 3.26. The lowest BCUT2D eigenvalue weighted by Crippen LogP contribution is -2.34. The van der Waals surface area contributed by atoms with Crippen molar-refractivity contribution in [2.75, 3.05) is 0 Å². The van der Waals surface area contributed by atoms with E-state index in [0.29, 0.717) is 29.9 Å². The average molecular weight is 331 g/mol. The first-order chi connectivity index (χ1) is 11.5. The first-order valence-electron chi connectivity index (χ1n) is 8.25. The van der Waals surface area contributed by atoms with Crippen LogP contribution in [0.25, 0.3) is 5.69 Å². The van der Waals surface area contributed by atoms with Crippen molar-refractivity contribution in [3.63, 3.8) is 0 Å². The van der Waals surface area contributed by atoms with E-state index in [1.807, 2.05) is 0 Å². The zero-order valence-electron chi connectivity index (χ0n) is 13.8. The van der Waals surface area contributed by atoms with E-state index in [0.717, 1.165) is 12.8 Å². The average Bonchev–Trinajstić information content (AvgIpc) is 3.14. The maximum absolute atomic E-state index is 14.3. The molecule has 0 spiro atoms. The maximum atomic E-state index is 14.3. The molecule has 0 atom stereocenters. The lowest BCUT2D eigenvalue weighted by molar-refractivity contribution is -0.126. The lowest BCUT2D eigenvalue weighted by atomic mass is 9.97. The molecule has 1 aromatic heterocycles. The first-order valence-corrected chi connectivity index (χ1v) is 8.25. The van der Waals surface area contributed by atoms with E-state index in [9.17, 15) is 14.3 Å². The molecule has 1 fully saturated rings. The number of aryl methyl sites for hydroxylation is 1. The Labute approximate surface area is 140 Å². The van der Waals surface area contributed by atoms with Crippen LogP contribution in [0.2, 0.25) is 0 Å². The van der Waals surface area contributed by atoms with E-state index >= 15 is 0 Å². The van der Waals surface area contributed by atoms with Gasteiger partial charge in [0.05, 0.1) is 17.7 Å². The van der Waals surface area contributed by atoms with Gasteiger partial charge in [-0.3, -0.25) is 4.79 Å². The second-order valence-corrected chi connectivity index (χ2v) is 6.52. The van der Waals surface area contributed by atoms with Crippen molar-refractivity contribution in [2.24, 2.45) is 0 Å². The second-order valence-electron chi connectivity index (χ2n) is 6.52. The molecule has 1 aromatic carbocycles. The van der Waals surface area contributed by atoms with Crippen LogP contribution in [0.5, 0.6) is 0 Å². The molecule has 2 N–H and O–H groups in total. The fraction of sp³-hybridized carbons (Fsp3) is 0.444. The molecule has 2 aromatic rings. The monoisotopic (exact) mass is 331 g/mol. The molecule has 24 heavy (non-hydrogen) atoms. The molecule has 5 nitrogen and oxygen atoms in total. The van der Waals surface area contributed by atoms with Gasteiger partial charge in [-0.25, -0.2) is 9.37 Å². The molecule has 128 valence electrons. The predicted molar refractivity (Wildman–Crippen MR) is 88.1 cm³/mol. The van der Waals surface area contributed by atoms with Gasteiger partial charge >= 0.3 is 0 Å². The highest BCUT2D eigenvalue weighted by atomic mass is 19.1. The Morgan fingerprint density at radius 2 is 2.17 bits per heavy atom. The summed E-state index contributed by atoms with van der Waals surface area (Å²) in [5.41, 5.74) is 0.249. The van der Waals surface area contributed by atoms with Gasteiger partial charge < -0.3 is 15.0 Å². The summed E-state index contributed by atoms with van der Waals surface area (Å²) in [6.07, 6.45) is 6.71. The maximum Gasteiger partial charge on any atom is 0.223 e. The fourth-order valence-electron chi connectivity index (χ4n) is 3.26. The summed E-state index contributed by atoms with van der Waals surface area (Å²) >= 11 is 0. The molecule has 0 bridgehead atoms. The van der Waals surface area contributed by atoms with Crippen LogP contribution in [0.15, 0.2) is 30.6 Å². The molecule has 3 rings (SSSR count). The van der Waals surface area contributed by atoms with Crippen molar-refractivity contribution in [3.05, 3.63) is 47.8 Å². The minimum absolute atomic E-state index is 0.113. The Bertz CT molecular complexity index is 736. The summed E-state index contributed by atoms with van der Waals surface area (Å²) < 4.78 is 16.0. The summed E-state index contributed by atoms with van der Waals surface area (Å²) in [6, 6.07) is 4.87. The zero-order chi connectivity index (χ0) is 17.2. The van der Waals surface area contributed by atoms with Crippen LogP contribution >= 0.6 is 0 Å². The molecule has 1 amide bonds. The highest BCUT2D eigenvalue weighted by Gasteiger charge is 2.33. The van der Waals surface area contributed by atoms with Crippen LogP contribution in [0, 0.1) is 12.7 Å². The summed E-state index contributed by atoms with van der Waals surface area (Å²) in [4.78, 5) is 16.1. The molecule has 0 radical (unpaired) electrons. The normalized spacial score (nSPS) is 16.3. The molecule has 6 heteroatoms. The van der Waals surface area contributed by atoms with Crippen LogP contribution in [0.4, 0.5) is 4.39 Å². The van der Waals surface area contributed by atoms with Gasteiger partial charge in [0.2, 0.25) is 5.91 Å². The van der Waals surface area contributed by atoms with Gasteiger partial charge in [0.1, 0.15) is 11.6 Å². The number of rotatable bonds is 5. The topological polar surface area (TPSA) is 67.2 Å². The van der Waals surface area contributed by atoms with Crippen molar-refractivity contribution in [2.45, 2.75) is 51.2 Å². The minimum atomic E-state index is -0.863. The molecular weight excluding hydrogens is 309 g/mol. The molecule has 1 saturated carbocycles. The van der Waals surface area contributed by atoms with Crippen molar-refractivity contribution < 1.29 is 14.3 Å². The van der Waals surface area contributed by atoms with Gasteiger partial charge in [-0.2, -0.15) is 0 Å². The van der Waals surface area contributed by atoms with E-state index in [1.165, 1.54) is 6.07 Å². The van der Waals surface area contributed by atoms with Crippen LogP contribution < -0.4 is 5.32 Å². The Morgan fingerprint density at radius 3 is 2.79 bits per heavy atom. The van der Waals surface area contributed by atoms with Gasteiger partial charge in [-0.15, -0.1) is 0 Å². The third kappa shape index (κ3) is 3.64. The molecule has 0 saturated heterocycles. The summed E-state index contributed by atoms with van der Waals surface area (Å²) in [7, 11) is 0. The highest BCUT2D eigenvalue weighted by Crippen LogP contribution is 2.32. The van der Waals surface area contributed by atoms with Crippen LogP contribution in [0.1, 0.15) is 43.5 Å². The van der Waals surface area contributed by atoms with Crippen LogP contribution in [-0.2, 0) is 11.3 Å². The number of hydrogen-bond acceptors (Lipinski definition) is 3. The van der Waals surface area contributed by atoms with Crippen molar-refractivity contribution >= 4 is 5.91 Å². The Balaban J connectivity index is 1.61. The Hall–Kier alpha value is -2.21. The van der Waals surface area contributed by atoms with E-state index in [4.69, 9.17) is 0 Å². The van der Waals surface area contributed by atoms with Crippen molar-refractivity contribution in [3.8, 4) is 5.69 Å². The second kappa shape index (κ2) is 6.73. The van der Waals surface area contributed by atoms with E-state index in [-0.39, 0.29) is 24.7 Å². The van der Waals surface area contributed by atoms with Crippen molar-refractivity contribution in [1.82, 2.24) is 14.9 Å². The smallest absolute Gasteiger partial charge is 0.223 e. The van der Waals surface area contributed by atoms with Gasteiger partial charge in [0.25, 0.3) is 0 Å². The number of imidazole rings is 1.